The predicted octanol–water partition coefficient (Wildman–Crippen LogP) is 1.45. The molecular weight excluding hydrogens is 300 g/mol. The predicted molar refractivity (Wildman–Crippen MR) is 80.8 cm³/mol. The van der Waals surface area contributed by atoms with E-state index in [1.807, 2.05) is 20.8 Å². The maximum absolute atomic E-state index is 12.6. The van der Waals surface area contributed by atoms with Gasteiger partial charge in [-0.1, -0.05) is 27.2 Å². The number of carboxylic acid groups (broad SMARTS) is 1. The van der Waals surface area contributed by atoms with Gasteiger partial charge in [0.1, 0.15) is 6.04 Å². The van der Waals surface area contributed by atoms with E-state index in [1.165, 1.54) is 27.4 Å². The number of carboxylic acids is 1. The van der Waals surface area contributed by atoms with Crippen molar-refractivity contribution >= 4 is 27.9 Å². The molecule has 0 aliphatic carbocycles. The van der Waals surface area contributed by atoms with Crippen molar-refractivity contribution in [2.75, 3.05) is 19.3 Å². The van der Waals surface area contributed by atoms with Crippen molar-refractivity contribution in [3.8, 4) is 0 Å². The van der Waals surface area contributed by atoms with Gasteiger partial charge in [0.05, 0.1) is 5.37 Å². The van der Waals surface area contributed by atoms with Crippen molar-refractivity contribution < 1.29 is 18.3 Å². The summed E-state index contributed by atoms with van der Waals surface area (Å²) in [7, 11) is -2.22. The zero-order valence-electron chi connectivity index (χ0n) is 12.4. The Balaban J connectivity index is 3.04. The van der Waals surface area contributed by atoms with Crippen LogP contribution in [0.25, 0.3) is 0 Å². The zero-order valence-corrected chi connectivity index (χ0v) is 14.1. The van der Waals surface area contributed by atoms with E-state index >= 15 is 0 Å². The second kappa shape index (κ2) is 7.11. The van der Waals surface area contributed by atoms with Crippen molar-refractivity contribution in [3.63, 3.8) is 0 Å². The SMILES string of the molecule is CCCCN(C)S(=O)(=O)N1C(C(=O)O)CSC1C(C)C. The molecule has 6 nitrogen and oxygen atoms in total. The molecule has 0 radical (unpaired) electrons. The Labute approximate surface area is 125 Å². The van der Waals surface area contributed by atoms with Crippen LogP contribution < -0.4 is 0 Å². The van der Waals surface area contributed by atoms with Crippen LogP contribution >= 0.6 is 11.8 Å². The molecule has 0 aromatic carbocycles. The molecule has 118 valence electrons. The van der Waals surface area contributed by atoms with E-state index in [2.05, 4.69) is 0 Å². The minimum atomic E-state index is -3.73. The van der Waals surface area contributed by atoms with Crippen molar-refractivity contribution in [3.05, 3.63) is 0 Å². The fourth-order valence-corrected chi connectivity index (χ4v) is 5.77. The van der Waals surface area contributed by atoms with Gasteiger partial charge in [-0.2, -0.15) is 17.0 Å². The molecule has 1 saturated heterocycles. The Morgan fingerprint density at radius 1 is 1.50 bits per heavy atom. The summed E-state index contributed by atoms with van der Waals surface area (Å²) >= 11 is 1.40. The van der Waals surface area contributed by atoms with Gasteiger partial charge < -0.3 is 5.11 Å². The first-order valence-electron chi connectivity index (χ1n) is 6.82. The number of hydrogen-bond donors (Lipinski definition) is 1. The highest BCUT2D eigenvalue weighted by Crippen LogP contribution is 2.37. The lowest BCUT2D eigenvalue weighted by Crippen LogP contribution is -2.52. The van der Waals surface area contributed by atoms with Crippen LogP contribution in [0.1, 0.15) is 33.6 Å². The Hall–Kier alpha value is -0.310. The molecule has 1 fully saturated rings. The van der Waals surface area contributed by atoms with E-state index in [0.717, 1.165) is 12.8 Å². The van der Waals surface area contributed by atoms with Crippen LogP contribution in [0.15, 0.2) is 0 Å². The molecule has 20 heavy (non-hydrogen) atoms. The topological polar surface area (TPSA) is 77.9 Å². The first-order chi connectivity index (χ1) is 9.23. The molecule has 1 aliphatic rings. The minimum absolute atomic E-state index is 0.0682. The minimum Gasteiger partial charge on any atom is -0.480 e. The van der Waals surface area contributed by atoms with Gasteiger partial charge in [-0.05, 0) is 12.3 Å². The van der Waals surface area contributed by atoms with Gasteiger partial charge in [-0.15, -0.1) is 11.8 Å². The Morgan fingerprint density at radius 2 is 2.10 bits per heavy atom. The highest BCUT2D eigenvalue weighted by Gasteiger charge is 2.48. The number of unbranched alkanes of at least 4 members (excludes halogenated alkanes) is 1. The van der Waals surface area contributed by atoms with Crippen LogP contribution in [0.3, 0.4) is 0 Å². The van der Waals surface area contributed by atoms with Crippen LogP contribution in [0.5, 0.6) is 0 Å². The first-order valence-corrected chi connectivity index (χ1v) is 9.27. The van der Waals surface area contributed by atoms with Crippen LogP contribution in [-0.4, -0.2) is 58.9 Å². The van der Waals surface area contributed by atoms with Crippen LogP contribution in [0.2, 0.25) is 0 Å². The average molecular weight is 324 g/mol. The van der Waals surface area contributed by atoms with Crippen LogP contribution in [-0.2, 0) is 15.0 Å². The third-order valence-corrected chi connectivity index (χ3v) is 7.06. The summed E-state index contributed by atoms with van der Waals surface area (Å²) in [6.45, 7) is 6.23. The molecule has 0 spiro atoms. The van der Waals surface area contributed by atoms with Crippen molar-refractivity contribution in [1.82, 2.24) is 8.61 Å². The average Bonchev–Trinajstić information content (AvgIpc) is 2.81. The first kappa shape index (κ1) is 17.7. The number of thioether (sulfide) groups is 1. The summed E-state index contributed by atoms with van der Waals surface area (Å²) in [5.41, 5.74) is 0. The molecule has 1 rings (SSSR count). The highest BCUT2D eigenvalue weighted by molar-refractivity contribution is 8.01. The molecular formula is C12H24N2O4S2. The van der Waals surface area contributed by atoms with Gasteiger partial charge in [0.25, 0.3) is 10.2 Å². The molecule has 0 bridgehead atoms. The highest BCUT2D eigenvalue weighted by atomic mass is 32.2. The Kier molecular flexibility index (Phi) is 6.30. The maximum atomic E-state index is 12.6. The van der Waals surface area contributed by atoms with Gasteiger partial charge in [0, 0.05) is 19.3 Å². The third-order valence-electron chi connectivity index (χ3n) is 3.33. The largest absolute Gasteiger partial charge is 0.480 e. The number of hydrogen-bond acceptors (Lipinski definition) is 4. The second-order valence-electron chi connectivity index (χ2n) is 5.33. The summed E-state index contributed by atoms with van der Waals surface area (Å²) in [5, 5.41) is 8.95. The van der Waals surface area contributed by atoms with Gasteiger partial charge in [0.2, 0.25) is 0 Å². The molecule has 0 aromatic rings. The van der Waals surface area contributed by atoms with Gasteiger partial charge >= 0.3 is 5.97 Å². The Bertz CT molecular complexity index is 439. The summed E-state index contributed by atoms with van der Waals surface area (Å²) < 4.78 is 27.7. The lowest BCUT2D eigenvalue weighted by Gasteiger charge is -2.32. The maximum Gasteiger partial charge on any atom is 0.322 e. The molecule has 0 aromatic heterocycles. The van der Waals surface area contributed by atoms with Crippen molar-refractivity contribution in [2.45, 2.75) is 45.0 Å². The normalized spacial score (nSPS) is 24.7. The van der Waals surface area contributed by atoms with Crippen LogP contribution in [0.4, 0.5) is 0 Å². The van der Waals surface area contributed by atoms with Crippen LogP contribution in [0, 0.1) is 5.92 Å². The fraction of sp³-hybridized carbons (Fsp3) is 0.917. The number of nitrogens with zero attached hydrogens (tertiary/aromatic N) is 2. The van der Waals surface area contributed by atoms with Gasteiger partial charge in [0.15, 0.2) is 0 Å². The van der Waals surface area contributed by atoms with Crippen molar-refractivity contribution in [2.24, 2.45) is 5.92 Å². The lowest BCUT2D eigenvalue weighted by atomic mass is 10.2. The molecule has 1 N–H and O–H groups in total. The zero-order chi connectivity index (χ0) is 15.5. The summed E-state index contributed by atoms with van der Waals surface area (Å²) in [6.07, 6.45) is 1.66. The lowest BCUT2D eigenvalue weighted by molar-refractivity contribution is -0.140. The number of rotatable bonds is 7. The summed E-state index contributed by atoms with van der Waals surface area (Å²) in [4.78, 5) is 11.3. The molecule has 2 unspecified atom stereocenters. The number of aliphatic carboxylic acids is 1. The molecule has 8 heteroatoms. The smallest absolute Gasteiger partial charge is 0.322 e. The molecule has 0 saturated carbocycles. The molecule has 1 heterocycles. The van der Waals surface area contributed by atoms with E-state index in [4.69, 9.17) is 0 Å². The second-order valence-corrected chi connectivity index (χ2v) is 8.43. The fourth-order valence-electron chi connectivity index (χ4n) is 2.13. The molecule has 1 aliphatic heterocycles. The monoisotopic (exact) mass is 324 g/mol. The number of carbonyl (C=O) groups is 1. The van der Waals surface area contributed by atoms with E-state index in [0.29, 0.717) is 12.3 Å². The third kappa shape index (κ3) is 3.66. The van der Waals surface area contributed by atoms with Gasteiger partial charge in [-0.3, -0.25) is 4.79 Å². The molecule has 0 amide bonds. The standard InChI is InChI=1S/C12H24N2O4S2/c1-5-6-7-13(4)20(17,18)14-10(12(15)16)8-19-11(14)9(2)3/h9-11H,5-8H2,1-4H3,(H,15,16). The summed E-state index contributed by atoms with van der Waals surface area (Å²) in [5.74, 6) is -0.703. The van der Waals surface area contributed by atoms with Crippen molar-refractivity contribution in [1.29, 1.82) is 0 Å². The quantitative estimate of drug-likeness (QED) is 0.767. The Morgan fingerprint density at radius 3 is 2.55 bits per heavy atom. The molecule has 2 atom stereocenters. The van der Waals surface area contributed by atoms with E-state index in [-0.39, 0.29) is 11.3 Å². The van der Waals surface area contributed by atoms with E-state index in [9.17, 15) is 18.3 Å². The van der Waals surface area contributed by atoms with E-state index < -0.39 is 22.2 Å². The van der Waals surface area contributed by atoms with Gasteiger partial charge in [-0.25, -0.2) is 0 Å². The van der Waals surface area contributed by atoms with E-state index in [1.54, 1.807) is 0 Å². The summed E-state index contributed by atoms with van der Waals surface area (Å²) in [6, 6.07) is -0.971.